The zero-order chi connectivity index (χ0) is 13.1. The van der Waals surface area contributed by atoms with Crippen LogP contribution in [-0.2, 0) is 9.53 Å². The number of hydrogen-bond donors (Lipinski definition) is 1. The van der Waals surface area contributed by atoms with E-state index in [0.29, 0.717) is 6.42 Å². The fourth-order valence-corrected chi connectivity index (χ4v) is 4.33. The van der Waals surface area contributed by atoms with E-state index in [1.54, 1.807) is 0 Å². The van der Waals surface area contributed by atoms with Gasteiger partial charge in [0.25, 0.3) is 0 Å². The van der Waals surface area contributed by atoms with E-state index >= 15 is 0 Å². The van der Waals surface area contributed by atoms with Crippen molar-refractivity contribution in [2.24, 2.45) is 5.41 Å². The number of methoxy groups -OCH3 is 1. The van der Waals surface area contributed by atoms with Crippen molar-refractivity contribution in [3.8, 4) is 0 Å². The van der Waals surface area contributed by atoms with Crippen molar-refractivity contribution in [3.05, 3.63) is 0 Å². The van der Waals surface area contributed by atoms with Gasteiger partial charge in [0.15, 0.2) is 0 Å². The fourth-order valence-electron chi connectivity index (χ4n) is 2.74. The second kappa shape index (κ2) is 5.83. The van der Waals surface area contributed by atoms with E-state index < -0.39 is 5.60 Å². The Kier molecular flexibility index (Phi) is 4.59. The van der Waals surface area contributed by atoms with Crippen molar-refractivity contribution < 1.29 is 14.6 Å². The Balaban J connectivity index is 1.70. The minimum Gasteiger partial charge on any atom is -0.469 e. The van der Waals surface area contributed by atoms with Crippen LogP contribution in [0.2, 0.25) is 0 Å². The number of rotatable bonds is 6. The first-order chi connectivity index (χ1) is 8.58. The molecular weight excluding hydrogens is 248 g/mol. The molecule has 0 aromatic carbocycles. The van der Waals surface area contributed by atoms with E-state index in [1.807, 2.05) is 11.8 Å². The van der Waals surface area contributed by atoms with Gasteiger partial charge in [-0.15, -0.1) is 0 Å². The Labute approximate surface area is 114 Å². The number of carbonyl (C=O) groups excluding carboxylic acids is 1. The van der Waals surface area contributed by atoms with Crippen molar-refractivity contribution in [1.29, 1.82) is 0 Å². The van der Waals surface area contributed by atoms with Crippen LogP contribution in [0, 0.1) is 5.41 Å². The lowest BCUT2D eigenvalue weighted by Gasteiger charge is -2.32. The van der Waals surface area contributed by atoms with E-state index in [1.165, 1.54) is 13.5 Å². The summed E-state index contributed by atoms with van der Waals surface area (Å²) in [4.78, 5) is 11.3. The van der Waals surface area contributed by atoms with Gasteiger partial charge in [-0.25, -0.2) is 0 Å². The van der Waals surface area contributed by atoms with Gasteiger partial charge in [-0.05, 0) is 36.9 Å². The topological polar surface area (TPSA) is 46.5 Å². The van der Waals surface area contributed by atoms with Crippen LogP contribution < -0.4 is 0 Å². The fraction of sp³-hybridized carbons (Fsp3) is 0.929. The number of thioether (sulfide) groups is 1. The third-order valence-corrected chi connectivity index (χ3v) is 5.83. The van der Waals surface area contributed by atoms with Gasteiger partial charge in [0, 0.05) is 5.75 Å². The monoisotopic (exact) mass is 272 g/mol. The maximum absolute atomic E-state index is 11.3. The van der Waals surface area contributed by atoms with E-state index in [2.05, 4.69) is 0 Å². The number of esters is 1. The predicted octanol–water partition coefficient (Wildman–Crippen LogP) is 2.76. The van der Waals surface area contributed by atoms with Gasteiger partial charge in [-0.2, -0.15) is 11.8 Å². The molecule has 0 heterocycles. The lowest BCUT2D eigenvalue weighted by Crippen LogP contribution is -2.34. The zero-order valence-electron chi connectivity index (χ0n) is 11.2. The largest absolute Gasteiger partial charge is 0.469 e. The maximum atomic E-state index is 11.3. The molecule has 2 rings (SSSR count). The molecule has 0 amide bonds. The van der Waals surface area contributed by atoms with Gasteiger partial charge in [0.2, 0.25) is 0 Å². The molecule has 2 saturated carbocycles. The van der Waals surface area contributed by atoms with Gasteiger partial charge in [0.1, 0.15) is 0 Å². The lowest BCUT2D eigenvalue weighted by atomic mass is 9.86. The molecule has 2 aliphatic carbocycles. The third kappa shape index (κ3) is 3.89. The van der Waals surface area contributed by atoms with Crippen LogP contribution in [0.4, 0.5) is 0 Å². The van der Waals surface area contributed by atoms with Crippen LogP contribution in [0.5, 0.6) is 0 Å². The average Bonchev–Trinajstić information content (AvgIpc) is 3.09. The van der Waals surface area contributed by atoms with Crippen LogP contribution in [0.1, 0.15) is 51.4 Å². The summed E-state index contributed by atoms with van der Waals surface area (Å²) in [6.07, 6.45) is 8.29. The molecule has 0 aliphatic heterocycles. The highest BCUT2D eigenvalue weighted by molar-refractivity contribution is 7.99. The first-order valence-corrected chi connectivity index (χ1v) is 8.10. The lowest BCUT2D eigenvalue weighted by molar-refractivity contribution is -0.141. The molecule has 0 radical (unpaired) electrons. The van der Waals surface area contributed by atoms with Crippen molar-refractivity contribution >= 4 is 17.7 Å². The number of carbonyl (C=O) groups is 1. The SMILES string of the molecule is COC(=O)CC1(CSCC2(O)CCCCC2)CC1. The molecule has 104 valence electrons. The molecule has 2 aliphatic rings. The molecule has 4 heteroatoms. The van der Waals surface area contributed by atoms with E-state index in [9.17, 15) is 9.90 Å². The van der Waals surface area contributed by atoms with Gasteiger partial charge in [0.05, 0.1) is 19.1 Å². The predicted molar refractivity (Wildman–Crippen MR) is 73.7 cm³/mol. The molecule has 0 atom stereocenters. The highest BCUT2D eigenvalue weighted by Crippen LogP contribution is 2.51. The quantitative estimate of drug-likeness (QED) is 0.755. The second-order valence-electron chi connectivity index (χ2n) is 6.03. The van der Waals surface area contributed by atoms with Crippen LogP contribution >= 0.6 is 11.8 Å². The summed E-state index contributed by atoms with van der Waals surface area (Å²) >= 11 is 1.82. The summed E-state index contributed by atoms with van der Waals surface area (Å²) in [5.41, 5.74) is -0.257. The molecular formula is C14H24O3S. The molecule has 0 aromatic heterocycles. The molecule has 1 N–H and O–H groups in total. The van der Waals surface area contributed by atoms with Gasteiger partial charge in [-0.3, -0.25) is 4.79 Å². The smallest absolute Gasteiger partial charge is 0.306 e. The molecule has 3 nitrogen and oxygen atoms in total. The van der Waals surface area contributed by atoms with Crippen molar-refractivity contribution in [3.63, 3.8) is 0 Å². The number of hydrogen-bond acceptors (Lipinski definition) is 4. The first-order valence-electron chi connectivity index (χ1n) is 6.95. The zero-order valence-corrected chi connectivity index (χ0v) is 12.1. The Morgan fingerprint density at radius 1 is 1.17 bits per heavy atom. The Morgan fingerprint density at radius 3 is 2.39 bits per heavy atom. The minimum absolute atomic E-state index is 0.0931. The van der Waals surface area contributed by atoms with Gasteiger partial charge >= 0.3 is 5.97 Å². The summed E-state index contributed by atoms with van der Waals surface area (Å²) in [6.45, 7) is 0. The van der Waals surface area contributed by atoms with Gasteiger partial charge < -0.3 is 9.84 Å². The van der Waals surface area contributed by atoms with Crippen LogP contribution in [-0.4, -0.2) is 35.3 Å². The van der Waals surface area contributed by atoms with Crippen LogP contribution in [0.3, 0.4) is 0 Å². The van der Waals surface area contributed by atoms with E-state index in [0.717, 1.165) is 50.0 Å². The molecule has 18 heavy (non-hydrogen) atoms. The molecule has 0 spiro atoms. The van der Waals surface area contributed by atoms with E-state index in [4.69, 9.17) is 4.74 Å². The summed E-state index contributed by atoms with van der Waals surface area (Å²) in [7, 11) is 1.45. The Bertz CT molecular complexity index is 293. The third-order valence-electron chi connectivity index (χ3n) is 4.27. The molecule has 2 fully saturated rings. The molecule has 0 aromatic rings. The molecule has 0 unspecified atom stereocenters. The molecule has 0 saturated heterocycles. The maximum Gasteiger partial charge on any atom is 0.306 e. The van der Waals surface area contributed by atoms with Gasteiger partial charge in [-0.1, -0.05) is 19.3 Å². The van der Waals surface area contributed by atoms with Crippen LogP contribution in [0.15, 0.2) is 0 Å². The normalized spacial score (nSPS) is 24.6. The highest BCUT2D eigenvalue weighted by Gasteiger charge is 2.45. The first kappa shape index (κ1) is 14.2. The molecule has 0 bridgehead atoms. The van der Waals surface area contributed by atoms with E-state index in [-0.39, 0.29) is 11.4 Å². The number of ether oxygens (including phenoxy) is 1. The Hall–Kier alpha value is -0.220. The standard InChI is InChI=1S/C14H24O3S/c1-17-12(15)9-13(7-8-13)10-18-11-14(16)5-3-2-4-6-14/h16H,2-11H2,1H3. The van der Waals surface area contributed by atoms with Crippen molar-refractivity contribution in [1.82, 2.24) is 0 Å². The number of aliphatic hydroxyl groups is 1. The summed E-state index contributed by atoms with van der Waals surface area (Å²) in [5.74, 6) is 1.73. The van der Waals surface area contributed by atoms with Crippen LogP contribution in [0.25, 0.3) is 0 Å². The highest BCUT2D eigenvalue weighted by atomic mass is 32.2. The van der Waals surface area contributed by atoms with Crippen molar-refractivity contribution in [2.75, 3.05) is 18.6 Å². The Morgan fingerprint density at radius 2 is 1.83 bits per heavy atom. The second-order valence-corrected chi connectivity index (χ2v) is 7.02. The average molecular weight is 272 g/mol. The minimum atomic E-state index is -0.440. The summed E-state index contributed by atoms with van der Waals surface area (Å²) in [6, 6.07) is 0. The summed E-state index contributed by atoms with van der Waals surface area (Å²) in [5, 5.41) is 10.4. The van der Waals surface area contributed by atoms with Crippen molar-refractivity contribution in [2.45, 2.75) is 57.0 Å². The summed E-state index contributed by atoms with van der Waals surface area (Å²) < 4.78 is 4.74.